The zero-order valence-electron chi connectivity index (χ0n) is 12.0. The van der Waals surface area contributed by atoms with E-state index in [9.17, 15) is 14.9 Å². The summed E-state index contributed by atoms with van der Waals surface area (Å²) in [7, 11) is 0. The second-order valence-electron chi connectivity index (χ2n) is 4.66. The zero-order chi connectivity index (χ0) is 17.1. The fraction of sp³-hybridized carbons (Fsp3) is 0. The lowest BCUT2D eigenvalue weighted by molar-refractivity contribution is -0.384. The van der Waals surface area contributed by atoms with Crippen LogP contribution in [-0.4, -0.2) is 21.0 Å². The summed E-state index contributed by atoms with van der Waals surface area (Å²) >= 11 is 6.93. The number of halogens is 1. The van der Waals surface area contributed by atoms with Crippen molar-refractivity contribution >= 4 is 52.0 Å². The standard InChI is InChI=1S/C15H9ClN4O3S/c16-10-3-6-13(17-8-10)18-15-19-14(21)12(24-15)7-9-1-4-11(5-2-9)20(22)23/h1-8H,(H,17,18,19,21)/b12-7-. The van der Waals surface area contributed by atoms with Crippen LogP contribution in [0.25, 0.3) is 6.08 Å². The van der Waals surface area contributed by atoms with Gasteiger partial charge in [0.2, 0.25) is 0 Å². The summed E-state index contributed by atoms with van der Waals surface area (Å²) in [5.74, 6) is 0.143. The van der Waals surface area contributed by atoms with Crippen molar-refractivity contribution in [2.24, 2.45) is 4.99 Å². The normalized spacial score (nSPS) is 17.3. The number of non-ortho nitro benzene ring substituents is 1. The summed E-state index contributed by atoms with van der Waals surface area (Å²) in [5.41, 5.74) is 0.681. The van der Waals surface area contributed by atoms with Crippen LogP contribution in [0.1, 0.15) is 5.56 Å². The topological polar surface area (TPSA) is 97.5 Å². The third kappa shape index (κ3) is 3.79. The van der Waals surface area contributed by atoms with E-state index >= 15 is 0 Å². The van der Waals surface area contributed by atoms with Gasteiger partial charge in [-0.25, -0.2) is 9.98 Å². The van der Waals surface area contributed by atoms with Crippen molar-refractivity contribution in [3.63, 3.8) is 0 Å². The molecule has 0 unspecified atom stereocenters. The first-order valence-corrected chi connectivity index (χ1v) is 7.86. The van der Waals surface area contributed by atoms with E-state index in [1.165, 1.54) is 30.1 Å². The molecule has 2 aromatic rings. The van der Waals surface area contributed by atoms with Gasteiger partial charge in [0, 0.05) is 18.3 Å². The average molecular weight is 361 g/mol. The van der Waals surface area contributed by atoms with E-state index in [0.29, 0.717) is 26.5 Å². The number of hydrogen-bond donors (Lipinski definition) is 1. The summed E-state index contributed by atoms with van der Waals surface area (Å²) in [6, 6.07) is 9.22. The molecule has 1 fully saturated rings. The Morgan fingerprint density at radius 3 is 2.62 bits per heavy atom. The van der Waals surface area contributed by atoms with Crippen LogP contribution in [0, 0.1) is 10.1 Å². The van der Waals surface area contributed by atoms with Gasteiger partial charge in [-0.3, -0.25) is 14.9 Å². The number of amidine groups is 1. The number of carbonyl (C=O) groups is 1. The van der Waals surface area contributed by atoms with Crippen molar-refractivity contribution in [2.75, 3.05) is 0 Å². The lowest BCUT2D eigenvalue weighted by atomic mass is 10.2. The van der Waals surface area contributed by atoms with Crippen LogP contribution < -0.4 is 5.32 Å². The molecule has 7 nitrogen and oxygen atoms in total. The first-order chi connectivity index (χ1) is 11.5. The number of nitro benzene ring substituents is 1. The molecule has 1 aliphatic heterocycles. The predicted octanol–water partition coefficient (Wildman–Crippen LogP) is 3.53. The van der Waals surface area contributed by atoms with Crippen molar-refractivity contribution in [3.05, 3.63) is 68.2 Å². The fourth-order valence-electron chi connectivity index (χ4n) is 1.86. The highest BCUT2D eigenvalue weighted by Gasteiger charge is 2.24. The minimum Gasteiger partial charge on any atom is -0.300 e. The van der Waals surface area contributed by atoms with Gasteiger partial charge < -0.3 is 5.32 Å². The molecule has 0 bridgehead atoms. The van der Waals surface area contributed by atoms with Crippen LogP contribution in [0.5, 0.6) is 0 Å². The summed E-state index contributed by atoms with van der Waals surface area (Å²) in [5, 5.41) is 14.2. The summed E-state index contributed by atoms with van der Waals surface area (Å²) < 4.78 is 0. The van der Waals surface area contributed by atoms with Gasteiger partial charge in [-0.15, -0.1) is 0 Å². The van der Waals surface area contributed by atoms with Crippen molar-refractivity contribution in [1.29, 1.82) is 0 Å². The van der Waals surface area contributed by atoms with Gasteiger partial charge in [0.25, 0.3) is 11.6 Å². The fourth-order valence-corrected chi connectivity index (χ4v) is 2.80. The molecule has 1 aromatic heterocycles. The molecule has 0 aliphatic carbocycles. The highest BCUT2D eigenvalue weighted by atomic mass is 35.5. The van der Waals surface area contributed by atoms with Crippen LogP contribution in [0.15, 0.2) is 52.5 Å². The molecular formula is C15H9ClN4O3S. The molecule has 0 saturated carbocycles. The van der Waals surface area contributed by atoms with Gasteiger partial charge in [0.1, 0.15) is 0 Å². The van der Waals surface area contributed by atoms with E-state index < -0.39 is 4.92 Å². The van der Waals surface area contributed by atoms with Gasteiger partial charge in [0.15, 0.2) is 11.0 Å². The highest BCUT2D eigenvalue weighted by molar-refractivity contribution is 8.18. The van der Waals surface area contributed by atoms with E-state index in [1.807, 2.05) is 0 Å². The molecule has 0 atom stereocenters. The Morgan fingerprint density at radius 2 is 2.00 bits per heavy atom. The third-order valence-electron chi connectivity index (χ3n) is 2.98. The number of pyridine rings is 1. The number of thioether (sulfide) groups is 1. The number of hydrogen-bond acceptors (Lipinski definition) is 6. The van der Waals surface area contributed by atoms with Crippen LogP contribution in [0.4, 0.5) is 11.5 Å². The van der Waals surface area contributed by atoms with E-state index in [4.69, 9.17) is 11.6 Å². The molecule has 1 aromatic carbocycles. The van der Waals surface area contributed by atoms with Gasteiger partial charge in [-0.05, 0) is 47.7 Å². The first-order valence-electron chi connectivity index (χ1n) is 6.67. The first kappa shape index (κ1) is 16.2. The summed E-state index contributed by atoms with van der Waals surface area (Å²) in [6.45, 7) is 0. The summed E-state index contributed by atoms with van der Waals surface area (Å²) in [6.07, 6.45) is 3.11. The largest absolute Gasteiger partial charge is 0.300 e. The van der Waals surface area contributed by atoms with Gasteiger partial charge in [-0.1, -0.05) is 11.6 Å². The number of amides is 1. The van der Waals surface area contributed by atoms with E-state index in [2.05, 4.69) is 15.3 Å². The maximum atomic E-state index is 12.0. The van der Waals surface area contributed by atoms with Gasteiger partial charge >= 0.3 is 0 Å². The number of nitrogens with one attached hydrogen (secondary N) is 1. The molecule has 1 N–H and O–H groups in total. The van der Waals surface area contributed by atoms with Crippen molar-refractivity contribution in [3.8, 4) is 0 Å². The van der Waals surface area contributed by atoms with E-state index in [0.717, 1.165) is 0 Å². The molecule has 24 heavy (non-hydrogen) atoms. The summed E-state index contributed by atoms with van der Waals surface area (Å²) in [4.78, 5) is 30.8. The monoisotopic (exact) mass is 360 g/mol. The van der Waals surface area contributed by atoms with Crippen molar-refractivity contribution < 1.29 is 9.72 Å². The molecule has 120 valence electrons. The Bertz CT molecular complexity index is 863. The van der Waals surface area contributed by atoms with Crippen LogP contribution in [0.3, 0.4) is 0 Å². The maximum Gasteiger partial charge on any atom is 0.269 e. The number of carbonyl (C=O) groups excluding carboxylic acids is 1. The van der Waals surface area contributed by atoms with Gasteiger partial charge in [-0.2, -0.15) is 0 Å². The molecular weight excluding hydrogens is 352 g/mol. The number of nitro groups is 1. The second-order valence-corrected chi connectivity index (χ2v) is 6.13. The minimum absolute atomic E-state index is 0.00302. The van der Waals surface area contributed by atoms with Gasteiger partial charge in [0.05, 0.1) is 14.9 Å². The van der Waals surface area contributed by atoms with Crippen molar-refractivity contribution in [1.82, 2.24) is 10.3 Å². The lowest BCUT2D eigenvalue weighted by Crippen LogP contribution is -2.19. The number of aliphatic imine (C=N–C) groups is 1. The zero-order valence-corrected chi connectivity index (χ0v) is 13.5. The molecule has 1 saturated heterocycles. The van der Waals surface area contributed by atoms with Crippen LogP contribution in [0.2, 0.25) is 5.02 Å². The van der Waals surface area contributed by atoms with Crippen LogP contribution >= 0.6 is 23.4 Å². The predicted molar refractivity (Wildman–Crippen MR) is 93.1 cm³/mol. The molecule has 9 heteroatoms. The third-order valence-corrected chi connectivity index (χ3v) is 4.11. The number of aromatic nitrogens is 1. The Morgan fingerprint density at radius 1 is 1.25 bits per heavy atom. The minimum atomic E-state index is -0.474. The second kappa shape index (κ2) is 6.81. The Balaban J connectivity index is 1.79. The molecule has 1 amide bonds. The number of rotatable bonds is 3. The highest BCUT2D eigenvalue weighted by Crippen LogP contribution is 2.28. The lowest BCUT2D eigenvalue weighted by Gasteiger charge is -1.95. The Kier molecular flexibility index (Phi) is 4.59. The number of nitrogens with zero attached hydrogens (tertiary/aromatic N) is 3. The smallest absolute Gasteiger partial charge is 0.269 e. The SMILES string of the molecule is O=C1NC(=Nc2ccc(Cl)cn2)S/C1=C\c1ccc([N+](=O)[O-])cc1. The van der Waals surface area contributed by atoms with Crippen LogP contribution in [-0.2, 0) is 4.79 Å². The molecule has 2 heterocycles. The quantitative estimate of drug-likeness (QED) is 0.513. The van der Waals surface area contributed by atoms with E-state index in [-0.39, 0.29) is 11.6 Å². The Hall–Kier alpha value is -2.71. The van der Waals surface area contributed by atoms with E-state index in [1.54, 1.807) is 30.3 Å². The molecule has 0 radical (unpaired) electrons. The molecule has 3 rings (SSSR count). The molecule has 1 aliphatic rings. The average Bonchev–Trinajstić information content (AvgIpc) is 2.89. The molecule has 0 spiro atoms. The number of benzene rings is 1. The maximum absolute atomic E-state index is 12.0. The Labute approximate surface area is 145 Å². The van der Waals surface area contributed by atoms with Crippen molar-refractivity contribution in [2.45, 2.75) is 0 Å².